The maximum atomic E-state index is 13.5. The molecule has 0 aliphatic rings. The van der Waals surface area contributed by atoms with E-state index in [4.69, 9.17) is 4.74 Å². The predicted molar refractivity (Wildman–Crippen MR) is 148 cm³/mol. The molecule has 0 bridgehead atoms. The molecule has 5 aromatic rings. The quantitative estimate of drug-likeness (QED) is 0.239. The molecule has 0 radical (unpaired) electrons. The fraction of sp³-hybridized carbons (Fsp3) is 0.107. The molecule has 3 aromatic carbocycles. The van der Waals surface area contributed by atoms with Crippen LogP contribution in [0.25, 0.3) is 21.3 Å². The molecule has 0 aliphatic carbocycles. The van der Waals surface area contributed by atoms with Gasteiger partial charge < -0.3 is 10.1 Å². The summed E-state index contributed by atoms with van der Waals surface area (Å²) in [5, 5.41) is 3.41. The highest BCUT2D eigenvalue weighted by atomic mass is 79.9. The number of fused-ring (bicyclic) bond motifs is 1. The molecule has 36 heavy (non-hydrogen) atoms. The predicted octanol–water partition coefficient (Wildman–Crippen LogP) is 7.19. The van der Waals surface area contributed by atoms with Gasteiger partial charge in [-0.15, -0.1) is 11.3 Å². The molecule has 0 aliphatic heterocycles. The number of hydrogen-bond acceptors (Lipinski definition) is 5. The summed E-state index contributed by atoms with van der Waals surface area (Å²) in [4.78, 5) is 32.8. The van der Waals surface area contributed by atoms with Gasteiger partial charge in [0.15, 0.2) is 0 Å². The summed E-state index contributed by atoms with van der Waals surface area (Å²) < 4.78 is 8.15. The number of hydrogen-bond donors (Lipinski definition) is 1. The fourth-order valence-corrected chi connectivity index (χ4v) is 5.23. The van der Waals surface area contributed by atoms with Crippen LogP contribution in [0.2, 0.25) is 0 Å². The van der Waals surface area contributed by atoms with Crippen molar-refractivity contribution in [2.45, 2.75) is 19.9 Å². The number of halogens is 1. The standard InChI is InChI=1S/C28H22BrN3O3S/c1-17(26(33)31-21-12-14-23(15-13-21)35-22-6-4-3-5-7-22)32-16-30-27-25(28(32)34)24(18(2)36-27)19-8-10-20(29)11-9-19/h3-17H,1-2H3,(H,31,33). The Morgan fingerprint density at radius 3 is 2.36 bits per heavy atom. The second-order valence-electron chi connectivity index (χ2n) is 8.28. The molecular formula is C28H22BrN3O3S. The smallest absolute Gasteiger partial charge is 0.263 e. The third kappa shape index (κ3) is 4.82. The largest absolute Gasteiger partial charge is 0.457 e. The van der Waals surface area contributed by atoms with Gasteiger partial charge in [-0.1, -0.05) is 46.3 Å². The number of benzene rings is 3. The SMILES string of the molecule is Cc1sc2ncn(C(C)C(=O)Nc3ccc(Oc4ccccc4)cc3)c(=O)c2c1-c1ccc(Br)cc1. The lowest BCUT2D eigenvalue weighted by atomic mass is 10.0. The minimum absolute atomic E-state index is 0.239. The van der Waals surface area contributed by atoms with Gasteiger partial charge in [0.25, 0.3) is 5.56 Å². The van der Waals surface area contributed by atoms with Crippen molar-refractivity contribution in [3.05, 3.63) is 105 Å². The lowest BCUT2D eigenvalue weighted by molar-refractivity contribution is -0.118. The second kappa shape index (κ2) is 10.1. The summed E-state index contributed by atoms with van der Waals surface area (Å²) in [6.45, 7) is 3.67. The molecule has 1 N–H and O–H groups in total. The number of ether oxygens (including phenoxy) is 1. The van der Waals surface area contributed by atoms with Gasteiger partial charge in [0.05, 0.1) is 11.7 Å². The molecule has 6 nitrogen and oxygen atoms in total. The summed E-state index contributed by atoms with van der Waals surface area (Å²) in [6.07, 6.45) is 1.45. The van der Waals surface area contributed by atoms with Crippen molar-refractivity contribution >= 4 is 49.1 Å². The highest BCUT2D eigenvalue weighted by molar-refractivity contribution is 9.10. The van der Waals surface area contributed by atoms with Crippen molar-refractivity contribution in [1.82, 2.24) is 9.55 Å². The van der Waals surface area contributed by atoms with Gasteiger partial charge >= 0.3 is 0 Å². The molecule has 0 fully saturated rings. The van der Waals surface area contributed by atoms with Gasteiger partial charge in [0.2, 0.25) is 5.91 Å². The second-order valence-corrected chi connectivity index (χ2v) is 10.4. The number of aromatic nitrogens is 2. The van der Waals surface area contributed by atoms with Crippen molar-refractivity contribution in [2.75, 3.05) is 5.32 Å². The average Bonchev–Trinajstić information content (AvgIpc) is 3.23. The zero-order valence-electron chi connectivity index (χ0n) is 19.6. The number of anilines is 1. The van der Waals surface area contributed by atoms with Gasteiger partial charge in [0, 0.05) is 20.6 Å². The summed E-state index contributed by atoms with van der Waals surface area (Å²) in [7, 11) is 0. The molecule has 1 atom stereocenters. The number of thiophene rings is 1. The third-order valence-corrected chi connectivity index (χ3v) is 7.39. The van der Waals surface area contributed by atoms with Crippen molar-refractivity contribution in [3.8, 4) is 22.6 Å². The third-order valence-electron chi connectivity index (χ3n) is 5.84. The van der Waals surface area contributed by atoms with Crippen LogP contribution in [-0.2, 0) is 4.79 Å². The highest BCUT2D eigenvalue weighted by Crippen LogP contribution is 2.36. The minimum Gasteiger partial charge on any atom is -0.457 e. The van der Waals surface area contributed by atoms with Gasteiger partial charge in [-0.05, 0) is 67.9 Å². The molecule has 5 rings (SSSR count). The Bertz CT molecular complexity index is 1590. The van der Waals surface area contributed by atoms with Gasteiger partial charge in [-0.2, -0.15) is 0 Å². The number of nitrogens with zero attached hydrogens (tertiary/aromatic N) is 2. The van der Waals surface area contributed by atoms with E-state index in [-0.39, 0.29) is 11.5 Å². The van der Waals surface area contributed by atoms with Gasteiger partial charge in [-0.3, -0.25) is 14.2 Å². The molecule has 0 saturated carbocycles. The zero-order chi connectivity index (χ0) is 25.2. The number of amides is 1. The van der Waals surface area contributed by atoms with Crippen LogP contribution >= 0.6 is 27.3 Å². The number of para-hydroxylation sites is 1. The van der Waals surface area contributed by atoms with Crippen LogP contribution in [-0.4, -0.2) is 15.5 Å². The van der Waals surface area contributed by atoms with Crippen molar-refractivity contribution < 1.29 is 9.53 Å². The maximum absolute atomic E-state index is 13.5. The first-order valence-electron chi connectivity index (χ1n) is 11.3. The van der Waals surface area contributed by atoms with Crippen molar-refractivity contribution in [1.29, 1.82) is 0 Å². The number of rotatable bonds is 6. The maximum Gasteiger partial charge on any atom is 0.263 e. The Labute approximate surface area is 220 Å². The Morgan fingerprint density at radius 1 is 1.00 bits per heavy atom. The van der Waals surface area contributed by atoms with Crippen LogP contribution in [0.15, 0.2) is 94.5 Å². The number of aryl methyl sites for hydroxylation is 1. The molecule has 0 saturated heterocycles. The number of carbonyl (C=O) groups excluding carboxylic acids is 1. The zero-order valence-corrected chi connectivity index (χ0v) is 22.0. The average molecular weight is 560 g/mol. The first-order valence-corrected chi connectivity index (χ1v) is 12.9. The minimum atomic E-state index is -0.757. The van der Waals surface area contributed by atoms with Crippen LogP contribution in [0, 0.1) is 6.92 Å². The van der Waals surface area contributed by atoms with Crippen molar-refractivity contribution in [3.63, 3.8) is 0 Å². The van der Waals surface area contributed by atoms with Crippen LogP contribution in [0.3, 0.4) is 0 Å². The molecule has 1 amide bonds. The highest BCUT2D eigenvalue weighted by Gasteiger charge is 2.22. The van der Waals surface area contributed by atoms with E-state index in [1.54, 1.807) is 31.2 Å². The lowest BCUT2D eigenvalue weighted by Gasteiger charge is -2.15. The Hall–Kier alpha value is -3.75. The van der Waals surface area contributed by atoms with Crippen LogP contribution < -0.4 is 15.6 Å². The molecule has 8 heteroatoms. The lowest BCUT2D eigenvalue weighted by Crippen LogP contribution is -2.31. The molecule has 2 aromatic heterocycles. The fourth-order valence-electron chi connectivity index (χ4n) is 3.96. The monoisotopic (exact) mass is 559 g/mol. The van der Waals surface area contributed by atoms with Crippen LogP contribution in [0.4, 0.5) is 5.69 Å². The van der Waals surface area contributed by atoms with Gasteiger partial charge in [0.1, 0.15) is 22.4 Å². The van der Waals surface area contributed by atoms with E-state index in [1.807, 2.05) is 61.5 Å². The molecule has 1 unspecified atom stereocenters. The van der Waals surface area contributed by atoms with Crippen LogP contribution in [0.1, 0.15) is 17.8 Å². The van der Waals surface area contributed by atoms with Crippen LogP contribution in [0.5, 0.6) is 11.5 Å². The molecule has 180 valence electrons. The topological polar surface area (TPSA) is 73.2 Å². The normalized spacial score (nSPS) is 11.9. The number of nitrogens with one attached hydrogen (secondary N) is 1. The summed E-state index contributed by atoms with van der Waals surface area (Å²) in [6, 6.07) is 23.6. The van der Waals surface area contributed by atoms with E-state index in [0.717, 1.165) is 26.2 Å². The molecular weight excluding hydrogens is 538 g/mol. The number of carbonyl (C=O) groups is 1. The van der Waals surface area contributed by atoms with E-state index in [2.05, 4.69) is 26.2 Å². The first-order chi connectivity index (χ1) is 17.4. The van der Waals surface area contributed by atoms with Crippen molar-refractivity contribution in [2.24, 2.45) is 0 Å². The Kier molecular flexibility index (Phi) is 6.71. The van der Waals surface area contributed by atoms with E-state index >= 15 is 0 Å². The Morgan fingerprint density at radius 2 is 1.67 bits per heavy atom. The molecule has 2 heterocycles. The van der Waals surface area contributed by atoms with E-state index in [9.17, 15) is 9.59 Å². The molecule has 0 spiro atoms. The summed E-state index contributed by atoms with van der Waals surface area (Å²) in [5.41, 5.74) is 2.16. The van der Waals surface area contributed by atoms with Gasteiger partial charge in [-0.25, -0.2) is 4.98 Å². The summed E-state index contributed by atoms with van der Waals surface area (Å²) >= 11 is 4.93. The Balaban J connectivity index is 1.38. The van der Waals surface area contributed by atoms with E-state index in [0.29, 0.717) is 21.7 Å². The first kappa shape index (κ1) is 24.0. The van der Waals surface area contributed by atoms with E-state index < -0.39 is 6.04 Å². The summed E-state index contributed by atoms with van der Waals surface area (Å²) in [5.74, 6) is 1.08. The van der Waals surface area contributed by atoms with E-state index in [1.165, 1.54) is 22.2 Å².